The minimum Gasteiger partial charge on any atom is -0.494 e. The standard InChI is InChI=1S/C26H29N7O2/c34-22-11-13-32(17-22)12-2-14-35-23-9-6-20(7-10-23)28-26-27-16-24-25(29-26)33(31-30-24)21-8-5-18-3-1-4-19(18)15-21/h5-10,15-16,22,34H,1-4,11-14,17H2,(H,27,28,29). The number of aryl methyl sites for hydroxylation is 2. The minimum absolute atomic E-state index is 0.170. The zero-order valence-electron chi connectivity index (χ0n) is 19.6. The molecule has 9 heteroatoms. The van der Waals surface area contributed by atoms with Crippen LogP contribution in [0.1, 0.15) is 30.4 Å². The summed E-state index contributed by atoms with van der Waals surface area (Å²) < 4.78 is 7.65. The van der Waals surface area contributed by atoms with E-state index < -0.39 is 0 Å². The normalized spacial score (nSPS) is 17.7. The van der Waals surface area contributed by atoms with E-state index in [2.05, 4.69) is 48.7 Å². The summed E-state index contributed by atoms with van der Waals surface area (Å²) in [6, 6.07) is 14.3. The first-order chi connectivity index (χ1) is 17.2. The zero-order valence-corrected chi connectivity index (χ0v) is 19.6. The Bertz CT molecular complexity index is 1320. The number of aliphatic hydroxyl groups is 1. The van der Waals surface area contributed by atoms with Gasteiger partial charge in [0, 0.05) is 25.3 Å². The van der Waals surface area contributed by atoms with Gasteiger partial charge in [-0.05, 0) is 79.6 Å². The third-order valence-electron chi connectivity index (χ3n) is 6.76. The number of β-amino-alcohol motifs (C(OH)–C–C–N with tert-alkyl or cyclic N) is 1. The summed E-state index contributed by atoms with van der Waals surface area (Å²) in [4.78, 5) is 11.4. The SMILES string of the molecule is OC1CCN(CCCOc2ccc(Nc3ncc4nnn(-c5ccc6c(c5)CCC6)c4n3)cc2)C1. The van der Waals surface area contributed by atoms with Crippen molar-refractivity contribution in [3.8, 4) is 11.4 Å². The molecule has 2 aromatic heterocycles. The van der Waals surface area contributed by atoms with E-state index in [1.165, 1.54) is 17.5 Å². The summed E-state index contributed by atoms with van der Waals surface area (Å²) >= 11 is 0. The fourth-order valence-corrected chi connectivity index (χ4v) is 4.91. The van der Waals surface area contributed by atoms with Gasteiger partial charge in [-0.2, -0.15) is 9.67 Å². The van der Waals surface area contributed by atoms with Crippen LogP contribution in [0, 0.1) is 0 Å². The molecule has 35 heavy (non-hydrogen) atoms. The van der Waals surface area contributed by atoms with Gasteiger partial charge in [-0.25, -0.2) is 4.98 Å². The number of benzene rings is 2. The lowest BCUT2D eigenvalue weighted by molar-refractivity contribution is 0.173. The van der Waals surface area contributed by atoms with Gasteiger partial charge in [0.05, 0.1) is 24.6 Å². The van der Waals surface area contributed by atoms with E-state index in [9.17, 15) is 5.11 Å². The number of likely N-dealkylation sites (tertiary alicyclic amines) is 1. The van der Waals surface area contributed by atoms with Gasteiger partial charge in [0.15, 0.2) is 11.2 Å². The van der Waals surface area contributed by atoms with Gasteiger partial charge < -0.3 is 20.1 Å². The molecule has 0 amide bonds. The summed E-state index contributed by atoms with van der Waals surface area (Å²) in [5.74, 6) is 1.32. The maximum atomic E-state index is 9.61. The molecule has 1 fully saturated rings. The summed E-state index contributed by atoms with van der Waals surface area (Å²) in [6.45, 7) is 3.35. The average molecular weight is 472 g/mol. The van der Waals surface area contributed by atoms with Crippen molar-refractivity contribution in [2.24, 2.45) is 0 Å². The van der Waals surface area contributed by atoms with Crippen LogP contribution >= 0.6 is 0 Å². The second kappa shape index (κ2) is 9.59. The molecule has 2 aliphatic rings. The molecule has 2 aromatic carbocycles. The van der Waals surface area contributed by atoms with Gasteiger partial charge in [0.25, 0.3) is 0 Å². The number of hydrogen-bond acceptors (Lipinski definition) is 8. The Morgan fingerprint density at radius 2 is 1.97 bits per heavy atom. The van der Waals surface area contributed by atoms with Crippen molar-refractivity contribution in [2.75, 3.05) is 31.6 Å². The molecule has 2 N–H and O–H groups in total. The van der Waals surface area contributed by atoms with E-state index in [0.29, 0.717) is 23.7 Å². The first-order valence-electron chi connectivity index (χ1n) is 12.3. The quantitative estimate of drug-likeness (QED) is 0.378. The van der Waals surface area contributed by atoms with E-state index in [0.717, 1.165) is 62.4 Å². The molecule has 1 aliphatic heterocycles. The monoisotopic (exact) mass is 471 g/mol. The summed E-state index contributed by atoms with van der Waals surface area (Å²) in [7, 11) is 0. The van der Waals surface area contributed by atoms with E-state index in [-0.39, 0.29) is 6.10 Å². The Kier molecular flexibility index (Phi) is 6.01. The van der Waals surface area contributed by atoms with Crippen molar-refractivity contribution in [3.63, 3.8) is 0 Å². The summed E-state index contributed by atoms with van der Waals surface area (Å²) in [5, 5.41) is 21.4. The summed E-state index contributed by atoms with van der Waals surface area (Å²) in [5.41, 5.74) is 5.98. The summed E-state index contributed by atoms with van der Waals surface area (Å²) in [6.07, 6.45) is 6.80. The number of aliphatic hydroxyl groups excluding tert-OH is 1. The highest BCUT2D eigenvalue weighted by molar-refractivity contribution is 5.73. The Labute approximate surface area is 203 Å². The van der Waals surface area contributed by atoms with Gasteiger partial charge in [0.2, 0.25) is 5.95 Å². The lowest BCUT2D eigenvalue weighted by atomic mass is 10.1. The van der Waals surface area contributed by atoms with Gasteiger partial charge in [0.1, 0.15) is 5.75 Å². The largest absolute Gasteiger partial charge is 0.494 e. The van der Waals surface area contributed by atoms with Crippen LogP contribution in [0.3, 0.4) is 0 Å². The van der Waals surface area contributed by atoms with Crippen LogP contribution in [0.25, 0.3) is 16.9 Å². The fraction of sp³-hybridized carbons (Fsp3) is 0.385. The molecule has 1 aliphatic carbocycles. The highest BCUT2D eigenvalue weighted by Gasteiger charge is 2.19. The predicted octanol–water partition coefficient (Wildman–Crippen LogP) is 3.28. The van der Waals surface area contributed by atoms with Crippen molar-refractivity contribution in [3.05, 3.63) is 59.8 Å². The Hall–Kier alpha value is -3.56. The second-order valence-electron chi connectivity index (χ2n) is 9.30. The van der Waals surface area contributed by atoms with E-state index >= 15 is 0 Å². The molecule has 1 saturated heterocycles. The van der Waals surface area contributed by atoms with Crippen LogP contribution in [0.4, 0.5) is 11.6 Å². The van der Waals surface area contributed by atoms with Crippen LogP contribution in [-0.4, -0.2) is 67.3 Å². The molecular weight excluding hydrogens is 442 g/mol. The molecule has 1 atom stereocenters. The molecule has 3 heterocycles. The van der Waals surface area contributed by atoms with Gasteiger partial charge in [-0.1, -0.05) is 11.3 Å². The molecule has 180 valence electrons. The molecule has 4 aromatic rings. The average Bonchev–Trinajstić information content (AvgIpc) is 3.62. The topological polar surface area (TPSA) is 101 Å². The number of rotatable bonds is 8. The third-order valence-corrected chi connectivity index (χ3v) is 6.76. The van der Waals surface area contributed by atoms with Crippen LogP contribution in [0.5, 0.6) is 5.75 Å². The molecule has 0 saturated carbocycles. The Morgan fingerprint density at radius 1 is 1.09 bits per heavy atom. The molecule has 0 spiro atoms. The maximum Gasteiger partial charge on any atom is 0.229 e. The Morgan fingerprint density at radius 3 is 2.83 bits per heavy atom. The van der Waals surface area contributed by atoms with E-state index in [4.69, 9.17) is 4.74 Å². The number of nitrogens with zero attached hydrogens (tertiary/aromatic N) is 6. The first-order valence-corrected chi connectivity index (χ1v) is 12.3. The van der Waals surface area contributed by atoms with Gasteiger partial charge in [-0.15, -0.1) is 5.10 Å². The predicted molar refractivity (Wildman–Crippen MR) is 133 cm³/mol. The third kappa shape index (κ3) is 4.82. The molecule has 0 bridgehead atoms. The maximum absolute atomic E-state index is 9.61. The molecule has 9 nitrogen and oxygen atoms in total. The second-order valence-corrected chi connectivity index (χ2v) is 9.30. The highest BCUT2D eigenvalue weighted by atomic mass is 16.5. The van der Waals surface area contributed by atoms with Crippen LogP contribution in [-0.2, 0) is 12.8 Å². The van der Waals surface area contributed by atoms with Crippen LogP contribution in [0.15, 0.2) is 48.7 Å². The van der Waals surface area contributed by atoms with Gasteiger partial charge in [-0.3, -0.25) is 0 Å². The number of aromatic nitrogens is 5. The molecular formula is C26H29N7O2. The number of fused-ring (bicyclic) bond motifs is 2. The first kappa shape index (κ1) is 21.9. The molecule has 6 rings (SSSR count). The number of ether oxygens (including phenoxy) is 1. The van der Waals surface area contributed by atoms with Crippen molar-refractivity contribution < 1.29 is 9.84 Å². The minimum atomic E-state index is -0.170. The smallest absolute Gasteiger partial charge is 0.229 e. The van der Waals surface area contributed by atoms with Crippen LogP contribution < -0.4 is 10.1 Å². The number of hydrogen-bond donors (Lipinski definition) is 2. The van der Waals surface area contributed by atoms with Gasteiger partial charge >= 0.3 is 0 Å². The molecule has 1 unspecified atom stereocenters. The van der Waals surface area contributed by atoms with Crippen LogP contribution in [0.2, 0.25) is 0 Å². The lowest BCUT2D eigenvalue weighted by Gasteiger charge is -2.15. The zero-order chi connectivity index (χ0) is 23.6. The molecule has 0 radical (unpaired) electrons. The van der Waals surface area contributed by atoms with Crippen molar-refractivity contribution >= 4 is 22.8 Å². The van der Waals surface area contributed by atoms with E-state index in [1.807, 2.05) is 24.3 Å². The lowest BCUT2D eigenvalue weighted by Crippen LogP contribution is -2.24. The van der Waals surface area contributed by atoms with Crippen molar-refractivity contribution in [2.45, 2.75) is 38.2 Å². The number of nitrogens with one attached hydrogen (secondary N) is 1. The van der Waals surface area contributed by atoms with Crippen molar-refractivity contribution in [1.82, 2.24) is 29.9 Å². The Balaban J connectivity index is 1.09. The highest BCUT2D eigenvalue weighted by Crippen LogP contribution is 2.26. The fourth-order valence-electron chi connectivity index (χ4n) is 4.91. The van der Waals surface area contributed by atoms with E-state index in [1.54, 1.807) is 10.9 Å². The number of anilines is 2. The van der Waals surface area contributed by atoms with Crippen molar-refractivity contribution in [1.29, 1.82) is 0 Å².